The summed E-state index contributed by atoms with van der Waals surface area (Å²) in [5.74, 6) is 0.113. The highest BCUT2D eigenvalue weighted by atomic mass is 79.9. The number of amides is 1. The molecule has 0 radical (unpaired) electrons. The number of benzene rings is 1. The highest BCUT2D eigenvalue weighted by molar-refractivity contribution is 9.10. The van der Waals surface area contributed by atoms with Crippen molar-refractivity contribution in [3.05, 3.63) is 46.5 Å². The SMILES string of the molecule is O=C(O)CCN(Cc1cccc(Br)c1)C(=O)C1CC2C=CC1C2. The minimum absolute atomic E-state index is 0.0175. The van der Waals surface area contributed by atoms with E-state index in [0.717, 1.165) is 22.9 Å². The summed E-state index contributed by atoms with van der Waals surface area (Å²) in [6, 6.07) is 7.81. The molecule has 1 aromatic rings. The van der Waals surface area contributed by atoms with Gasteiger partial charge in [-0.1, -0.05) is 40.2 Å². The van der Waals surface area contributed by atoms with Crippen LogP contribution in [0.4, 0.5) is 0 Å². The van der Waals surface area contributed by atoms with Crippen molar-refractivity contribution >= 4 is 27.8 Å². The first-order valence-electron chi connectivity index (χ1n) is 7.96. The van der Waals surface area contributed by atoms with Gasteiger partial charge >= 0.3 is 5.97 Å². The molecule has 2 aliphatic rings. The van der Waals surface area contributed by atoms with E-state index in [-0.39, 0.29) is 24.8 Å². The van der Waals surface area contributed by atoms with Gasteiger partial charge in [0.1, 0.15) is 0 Å². The molecule has 1 aromatic carbocycles. The molecule has 1 fully saturated rings. The van der Waals surface area contributed by atoms with Crippen molar-refractivity contribution < 1.29 is 14.7 Å². The van der Waals surface area contributed by atoms with Crippen LogP contribution in [0.3, 0.4) is 0 Å². The molecule has 122 valence electrons. The molecule has 3 unspecified atom stereocenters. The van der Waals surface area contributed by atoms with Gasteiger partial charge in [0.25, 0.3) is 0 Å². The second-order valence-electron chi connectivity index (χ2n) is 6.42. The third-order valence-electron chi connectivity index (χ3n) is 4.77. The maximum absolute atomic E-state index is 12.9. The van der Waals surface area contributed by atoms with Crippen LogP contribution in [0.5, 0.6) is 0 Å². The van der Waals surface area contributed by atoms with Crippen LogP contribution in [0.2, 0.25) is 0 Å². The van der Waals surface area contributed by atoms with E-state index < -0.39 is 5.97 Å². The van der Waals surface area contributed by atoms with Gasteiger partial charge in [0.15, 0.2) is 0 Å². The Kier molecular flexibility index (Phi) is 4.85. The number of fused-ring (bicyclic) bond motifs is 2. The fourth-order valence-electron chi connectivity index (χ4n) is 3.65. The lowest BCUT2D eigenvalue weighted by Gasteiger charge is -2.28. The van der Waals surface area contributed by atoms with Crippen molar-refractivity contribution in [1.82, 2.24) is 4.90 Å². The van der Waals surface area contributed by atoms with Gasteiger partial charge in [-0.15, -0.1) is 0 Å². The fourth-order valence-corrected chi connectivity index (χ4v) is 4.10. The zero-order valence-corrected chi connectivity index (χ0v) is 14.4. The molecule has 0 aromatic heterocycles. The summed E-state index contributed by atoms with van der Waals surface area (Å²) in [5.41, 5.74) is 1.01. The lowest BCUT2D eigenvalue weighted by Crippen LogP contribution is -2.38. The molecule has 0 aliphatic heterocycles. The third kappa shape index (κ3) is 3.83. The molecule has 2 aliphatic carbocycles. The van der Waals surface area contributed by atoms with Crippen LogP contribution in [0.15, 0.2) is 40.9 Å². The van der Waals surface area contributed by atoms with E-state index in [0.29, 0.717) is 18.4 Å². The number of nitrogens with zero attached hydrogens (tertiary/aromatic N) is 1. The Bertz CT molecular complexity index is 643. The van der Waals surface area contributed by atoms with Crippen LogP contribution >= 0.6 is 15.9 Å². The summed E-state index contributed by atoms with van der Waals surface area (Å²) in [7, 11) is 0. The number of carboxylic acid groups (broad SMARTS) is 1. The molecule has 23 heavy (non-hydrogen) atoms. The summed E-state index contributed by atoms with van der Waals surface area (Å²) in [6.45, 7) is 0.724. The largest absolute Gasteiger partial charge is 0.481 e. The molecular formula is C18H20BrNO3. The first kappa shape index (κ1) is 16.2. The molecule has 1 saturated carbocycles. The Morgan fingerprint density at radius 3 is 2.70 bits per heavy atom. The van der Waals surface area contributed by atoms with E-state index in [1.54, 1.807) is 4.90 Å². The van der Waals surface area contributed by atoms with Crippen molar-refractivity contribution in [2.24, 2.45) is 17.8 Å². The smallest absolute Gasteiger partial charge is 0.305 e. The minimum atomic E-state index is -0.870. The summed E-state index contributed by atoms with van der Waals surface area (Å²) in [6.07, 6.45) is 6.33. The van der Waals surface area contributed by atoms with Crippen LogP contribution in [-0.2, 0) is 16.1 Å². The topological polar surface area (TPSA) is 57.6 Å². The molecule has 0 saturated heterocycles. The van der Waals surface area contributed by atoms with E-state index in [4.69, 9.17) is 5.11 Å². The number of aliphatic carboxylic acids is 1. The molecule has 1 amide bonds. The van der Waals surface area contributed by atoms with Gasteiger partial charge in [0.2, 0.25) is 5.91 Å². The van der Waals surface area contributed by atoms with E-state index >= 15 is 0 Å². The highest BCUT2D eigenvalue weighted by Crippen LogP contribution is 2.44. The first-order chi connectivity index (χ1) is 11.0. The molecule has 3 rings (SSSR count). The van der Waals surface area contributed by atoms with Gasteiger partial charge in [-0.25, -0.2) is 0 Å². The van der Waals surface area contributed by atoms with E-state index in [1.807, 2.05) is 24.3 Å². The molecule has 4 nitrogen and oxygen atoms in total. The highest BCUT2D eigenvalue weighted by Gasteiger charge is 2.41. The Hall–Kier alpha value is -1.62. The molecule has 5 heteroatoms. The van der Waals surface area contributed by atoms with Gasteiger partial charge in [0.05, 0.1) is 6.42 Å². The number of allylic oxidation sites excluding steroid dienone is 2. The summed E-state index contributed by atoms with van der Waals surface area (Å²) >= 11 is 3.44. The predicted molar refractivity (Wildman–Crippen MR) is 90.7 cm³/mol. The maximum Gasteiger partial charge on any atom is 0.305 e. The second kappa shape index (κ2) is 6.87. The summed E-state index contributed by atoms with van der Waals surface area (Å²) < 4.78 is 0.962. The Balaban J connectivity index is 1.73. The zero-order chi connectivity index (χ0) is 16.4. The first-order valence-corrected chi connectivity index (χ1v) is 8.75. The second-order valence-corrected chi connectivity index (χ2v) is 7.34. The van der Waals surface area contributed by atoms with Crippen molar-refractivity contribution in [3.63, 3.8) is 0 Å². The van der Waals surface area contributed by atoms with Crippen molar-refractivity contribution in [1.29, 1.82) is 0 Å². The molecule has 2 bridgehead atoms. The lowest BCUT2D eigenvalue weighted by atomic mass is 9.92. The molecule has 1 N–H and O–H groups in total. The Morgan fingerprint density at radius 2 is 2.09 bits per heavy atom. The summed E-state index contributed by atoms with van der Waals surface area (Å²) in [4.78, 5) is 25.6. The van der Waals surface area contributed by atoms with Gasteiger partial charge in [-0.05, 0) is 42.4 Å². The van der Waals surface area contributed by atoms with Crippen LogP contribution in [0, 0.1) is 17.8 Å². The zero-order valence-electron chi connectivity index (χ0n) is 12.8. The maximum atomic E-state index is 12.9. The quantitative estimate of drug-likeness (QED) is 0.772. The monoisotopic (exact) mass is 377 g/mol. The Labute approximate surface area is 144 Å². The van der Waals surface area contributed by atoms with E-state index in [2.05, 4.69) is 28.1 Å². The number of rotatable bonds is 6. The van der Waals surface area contributed by atoms with Gasteiger partial charge in [-0.2, -0.15) is 0 Å². The lowest BCUT2D eigenvalue weighted by molar-refractivity contribution is -0.140. The molecule has 3 atom stereocenters. The average molecular weight is 378 g/mol. The van der Waals surface area contributed by atoms with Crippen LogP contribution in [0.25, 0.3) is 0 Å². The fraction of sp³-hybridized carbons (Fsp3) is 0.444. The third-order valence-corrected chi connectivity index (χ3v) is 5.26. The molecular weight excluding hydrogens is 358 g/mol. The number of carboxylic acids is 1. The van der Waals surface area contributed by atoms with Crippen molar-refractivity contribution in [2.75, 3.05) is 6.54 Å². The number of carbonyl (C=O) groups is 2. The normalized spacial score (nSPS) is 24.8. The van der Waals surface area contributed by atoms with Crippen LogP contribution < -0.4 is 0 Å². The minimum Gasteiger partial charge on any atom is -0.481 e. The van der Waals surface area contributed by atoms with E-state index in [9.17, 15) is 9.59 Å². The number of hydrogen-bond donors (Lipinski definition) is 1. The number of hydrogen-bond acceptors (Lipinski definition) is 2. The van der Waals surface area contributed by atoms with Gasteiger partial charge < -0.3 is 10.0 Å². The van der Waals surface area contributed by atoms with Crippen molar-refractivity contribution in [3.8, 4) is 0 Å². The van der Waals surface area contributed by atoms with Crippen LogP contribution in [0.1, 0.15) is 24.8 Å². The summed E-state index contributed by atoms with van der Waals surface area (Å²) in [5, 5.41) is 8.97. The average Bonchev–Trinajstić information content (AvgIpc) is 3.13. The Morgan fingerprint density at radius 1 is 1.26 bits per heavy atom. The predicted octanol–water partition coefficient (Wildman–Crippen LogP) is 3.46. The molecule has 0 heterocycles. The van der Waals surface area contributed by atoms with Gasteiger partial charge in [0, 0.05) is 23.5 Å². The van der Waals surface area contributed by atoms with Crippen molar-refractivity contribution in [2.45, 2.75) is 25.8 Å². The van der Waals surface area contributed by atoms with E-state index in [1.165, 1.54) is 0 Å². The number of carbonyl (C=O) groups excluding carboxylic acids is 1. The molecule has 0 spiro atoms. The van der Waals surface area contributed by atoms with Gasteiger partial charge in [-0.3, -0.25) is 9.59 Å². The standard InChI is InChI=1S/C18H20BrNO3/c19-15-3-1-2-13(9-15)11-20(7-6-17(21)22)18(23)16-10-12-4-5-14(16)8-12/h1-5,9,12,14,16H,6-8,10-11H2,(H,21,22). The number of halogens is 1. The van der Waals surface area contributed by atoms with Crippen LogP contribution in [-0.4, -0.2) is 28.4 Å².